The van der Waals surface area contributed by atoms with E-state index in [-0.39, 0.29) is 5.92 Å². The summed E-state index contributed by atoms with van der Waals surface area (Å²) in [6, 6.07) is -1.37. The molecule has 0 aliphatic carbocycles. The summed E-state index contributed by atoms with van der Waals surface area (Å²) in [5.74, 6) is -1.58. The number of alkyl carbamates (subject to hydrolysis) is 1. The minimum Gasteiger partial charge on any atom is -0.480 e. The standard InChI is InChI=1S/C11H21NO5/c1-6(2)8(13)7(9(14)15)12-10(16)17-11(3,4)5/h6-8,13H,1-5H3,(H,12,16)(H,14,15)/t7-,8+/m0/s1. The third-order valence-corrected chi connectivity index (χ3v) is 1.96. The summed E-state index contributed by atoms with van der Waals surface area (Å²) in [7, 11) is 0. The van der Waals surface area contributed by atoms with E-state index in [1.807, 2.05) is 0 Å². The van der Waals surface area contributed by atoms with E-state index in [1.165, 1.54) is 0 Å². The molecule has 0 aromatic rings. The minimum atomic E-state index is -1.37. The smallest absolute Gasteiger partial charge is 0.408 e. The van der Waals surface area contributed by atoms with Crippen LogP contribution in [0.4, 0.5) is 4.79 Å². The van der Waals surface area contributed by atoms with Gasteiger partial charge in [0.1, 0.15) is 5.60 Å². The molecule has 0 radical (unpaired) electrons. The van der Waals surface area contributed by atoms with Gasteiger partial charge in [-0.15, -0.1) is 0 Å². The van der Waals surface area contributed by atoms with E-state index in [9.17, 15) is 14.7 Å². The lowest BCUT2D eigenvalue weighted by Crippen LogP contribution is -2.51. The van der Waals surface area contributed by atoms with Gasteiger partial charge in [0.25, 0.3) is 0 Å². The molecule has 0 bridgehead atoms. The first-order chi connectivity index (χ1) is 7.54. The van der Waals surface area contributed by atoms with Gasteiger partial charge in [0, 0.05) is 0 Å². The van der Waals surface area contributed by atoms with E-state index < -0.39 is 29.8 Å². The van der Waals surface area contributed by atoms with E-state index in [0.29, 0.717) is 0 Å². The molecule has 1 amide bonds. The average molecular weight is 247 g/mol. The fourth-order valence-electron chi connectivity index (χ4n) is 1.11. The summed E-state index contributed by atoms with van der Waals surface area (Å²) < 4.78 is 4.92. The van der Waals surface area contributed by atoms with Crippen LogP contribution in [0.2, 0.25) is 0 Å². The highest BCUT2D eigenvalue weighted by molar-refractivity contribution is 5.80. The maximum atomic E-state index is 11.4. The Labute approximate surface area is 101 Å². The molecule has 0 rings (SSSR count). The molecule has 0 fully saturated rings. The number of nitrogens with one attached hydrogen (secondary N) is 1. The number of carbonyl (C=O) groups is 2. The summed E-state index contributed by atoms with van der Waals surface area (Å²) in [6.07, 6.45) is -2.02. The monoisotopic (exact) mass is 247 g/mol. The van der Waals surface area contributed by atoms with Crippen molar-refractivity contribution in [3.63, 3.8) is 0 Å². The van der Waals surface area contributed by atoms with Crippen molar-refractivity contribution in [2.45, 2.75) is 52.4 Å². The Morgan fingerprint density at radius 2 is 1.71 bits per heavy atom. The molecule has 2 atom stereocenters. The third kappa shape index (κ3) is 6.11. The highest BCUT2D eigenvalue weighted by Gasteiger charge is 2.31. The maximum Gasteiger partial charge on any atom is 0.408 e. The third-order valence-electron chi connectivity index (χ3n) is 1.96. The summed E-state index contributed by atoms with van der Waals surface area (Å²) in [6.45, 7) is 8.33. The van der Waals surface area contributed by atoms with Crippen LogP contribution in [0.5, 0.6) is 0 Å². The largest absolute Gasteiger partial charge is 0.480 e. The van der Waals surface area contributed by atoms with Gasteiger partial charge in [0.15, 0.2) is 6.04 Å². The van der Waals surface area contributed by atoms with Crippen molar-refractivity contribution in [2.24, 2.45) is 5.92 Å². The molecule has 0 spiro atoms. The fraction of sp³-hybridized carbons (Fsp3) is 0.818. The lowest BCUT2D eigenvalue weighted by atomic mass is 10.00. The molecule has 0 aliphatic rings. The predicted octanol–water partition coefficient (Wildman–Crippen LogP) is 0.981. The SMILES string of the molecule is CC(C)[C@@H](O)[C@H](NC(=O)OC(C)(C)C)C(=O)O. The number of aliphatic hydroxyl groups excluding tert-OH is 1. The minimum absolute atomic E-state index is 0.286. The van der Waals surface area contributed by atoms with Crippen LogP contribution in [-0.2, 0) is 9.53 Å². The van der Waals surface area contributed by atoms with Crippen LogP contribution in [0.25, 0.3) is 0 Å². The van der Waals surface area contributed by atoms with Gasteiger partial charge in [-0.25, -0.2) is 9.59 Å². The summed E-state index contributed by atoms with van der Waals surface area (Å²) in [4.78, 5) is 22.3. The quantitative estimate of drug-likeness (QED) is 0.688. The first kappa shape index (κ1) is 15.7. The zero-order chi connectivity index (χ0) is 13.8. The Kier molecular flexibility index (Phi) is 5.41. The van der Waals surface area contributed by atoms with Crippen molar-refractivity contribution in [3.05, 3.63) is 0 Å². The number of aliphatic hydroxyl groups is 1. The van der Waals surface area contributed by atoms with Crippen molar-refractivity contribution >= 4 is 12.1 Å². The molecular formula is C11H21NO5. The Bertz CT molecular complexity index is 282. The van der Waals surface area contributed by atoms with E-state index in [2.05, 4.69) is 5.32 Å². The molecule has 6 heteroatoms. The zero-order valence-corrected chi connectivity index (χ0v) is 10.9. The number of aliphatic carboxylic acids is 1. The van der Waals surface area contributed by atoms with Crippen LogP contribution in [0.3, 0.4) is 0 Å². The van der Waals surface area contributed by atoms with Gasteiger partial charge < -0.3 is 20.3 Å². The zero-order valence-electron chi connectivity index (χ0n) is 10.9. The second-order valence-electron chi connectivity index (χ2n) is 5.20. The van der Waals surface area contributed by atoms with Crippen molar-refractivity contribution in [1.82, 2.24) is 5.32 Å². The van der Waals surface area contributed by atoms with E-state index in [0.717, 1.165) is 0 Å². The number of carboxylic acids is 1. The lowest BCUT2D eigenvalue weighted by molar-refractivity contribution is -0.143. The molecule has 3 N–H and O–H groups in total. The first-order valence-corrected chi connectivity index (χ1v) is 5.45. The Hall–Kier alpha value is -1.30. The second kappa shape index (κ2) is 5.86. The number of carboxylic acid groups (broad SMARTS) is 1. The summed E-state index contributed by atoms with van der Waals surface area (Å²) >= 11 is 0. The van der Waals surface area contributed by atoms with Crippen LogP contribution in [-0.4, -0.2) is 40.0 Å². The molecule has 0 saturated heterocycles. The Morgan fingerprint density at radius 1 is 1.24 bits per heavy atom. The summed E-state index contributed by atoms with van der Waals surface area (Å²) in [5.41, 5.74) is -0.712. The van der Waals surface area contributed by atoms with Gasteiger partial charge in [-0.05, 0) is 26.7 Å². The molecule has 0 aromatic heterocycles. The lowest BCUT2D eigenvalue weighted by Gasteiger charge is -2.25. The molecule has 0 unspecified atom stereocenters. The molecule has 0 aliphatic heterocycles. The number of carbonyl (C=O) groups excluding carboxylic acids is 1. The highest BCUT2D eigenvalue weighted by atomic mass is 16.6. The number of hydrogen-bond donors (Lipinski definition) is 3. The van der Waals surface area contributed by atoms with Gasteiger partial charge in [-0.3, -0.25) is 0 Å². The summed E-state index contributed by atoms with van der Waals surface area (Å²) in [5, 5.41) is 20.7. The maximum absolute atomic E-state index is 11.4. The van der Waals surface area contributed by atoms with Crippen LogP contribution < -0.4 is 5.32 Å². The van der Waals surface area contributed by atoms with Gasteiger partial charge in [0.05, 0.1) is 6.10 Å². The van der Waals surface area contributed by atoms with Crippen LogP contribution in [0, 0.1) is 5.92 Å². The van der Waals surface area contributed by atoms with Gasteiger partial charge in [-0.2, -0.15) is 0 Å². The molecule has 17 heavy (non-hydrogen) atoms. The first-order valence-electron chi connectivity index (χ1n) is 5.45. The molecule has 0 heterocycles. The predicted molar refractivity (Wildman–Crippen MR) is 61.6 cm³/mol. The van der Waals surface area contributed by atoms with Gasteiger partial charge in [-0.1, -0.05) is 13.8 Å². The van der Waals surface area contributed by atoms with Crippen LogP contribution in [0.15, 0.2) is 0 Å². The highest BCUT2D eigenvalue weighted by Crippen LogP contribution is 2.10. The van der Waals surface area contributed by atoms with E-state index in [4.69, 9.17) is 9.84 Å². The van der Waals surface area contributed by atoms with E-state index in [1.54, 1.807) is 34.6 Å². The molecule has 6 nitrogen and oxygen atoms in total. The van der Waals surface area contributed by atoms with Crippen LogP contribution >= 0.6 is 0 Å². The number of ether oxygens (including phenoxy) is 1. The molecule has 100 valence electrons. The van der Waals surface area contributed by atoms with Crippen molar-refractivity contribution in [3.8, 4) is 0 Å². The van der Waals surface area contributed by atoms with Gasteiger partial charge >= 0.3 is 12.1 Å². The fourth-order valence-corrected chi connectivity index (χ4v) is 1.11. The number of hydrogen-bond acceptors (Lipinski definition) is 4. The van der Waals surface area contributed by atoms with Gasteiger partial charge in [0.2, 0.25) is 0 Å². The molecular weight excluding hydrogens is 226 g/mol. The van der Waals surface area contributed by atoms with E-state index >= 15 is 0 Å². The normalized spacial score (nSPS) is 15.2. The average Bonchev–Trinajstić information content (AvgIpc) is 2.09. The topological polar surface area (TPSA) is 95.9 Å². The van der Waals surface area contributed by atoms with Crippen molar-refractivity contribution < 1.29 is 24.5 Å². The number of amides is 1. The van der Waals surface area contributed by atoms with Crippen LogP contribution in [0.1, 0.15) is 34.6 Å². The second-order valence-corrected chi connectivity index (χ2v) is 5.20. The van der Waals surface area contributed by atoms with Crippen molar-refractivity contribution in [1.29, 1.82) is 0 Å². The Balaban J connectivity index is 4.57. The molecule has 0 saturated carbocycles. The Morgan fingerprint density at radius 3 is 2.00 bits per heavy atom. The molecule has 0 aromatic carbocycles. The number of rotatable bonds is 4. The van der Waals surface area contributed by atoms with Crippen molar-refractivity contribution in [2.75, 3.05) is 0 Å².